The molecule has 2 aromatic heterocycles. The molecule has 3 amide bonds. The Labute approximate surface area is 299 Å². The molecule has 1 atom stereocenters. The highest BCUT2D eigenvalue weighted by atomic mass is 16.5. The van der Waals surface area contributed by atoms with Crippen molar-refractivity contribution in [3.05, 3.63) is 111 Å². The van der Waals surface area contributed by atoms with Gasteiger partial charge in [-0.05, 0) is 79.8 Å². The van der Waals surface area contributed by atoms with E-state index >= 15 is 0 Å². The molecule has 12 heteroatoms. The number of hydrogen-bond donors (Lipinski definition) is 2. The first-order valence-corrected chi connectivity index (χ1v) is 17.5. The fourth-order valence-electron chi connectivity index (χ4n) is 7.19. The quantitative estimate of drug-likeness (QED) is 0.0810. The van der Waals surface area contributed by atoms with E-state index in [2.05, 4.69) is 11.9 Å². The number of amides is 3. The molecule has 7 rings (SSSR count). The normalized spacial score (nSPS) is 17.2. The van der Waals surface area contributed by atoms with Gasteiger partial charge in [-0.25, -0.2) is 9.78 Å². The van der Waals surface area contributed by atoms with Crippen LogP contribution in [0.1, 0.15) is 78.6 Å². The lowest BCUT2D eigenvalue weighted by Gasteiger charge is -2.35. The predicted molar refractivity (Wildman–Crippen MR) is 192 cm³/mol. The Bertz CT molecular complexity index is 2250. The molecule has 12 nitrogen and oxygen atoms in total. The molecule has 266 valence electrons. The summed E-state index contributed by atoms with van der Waals surface area (Å²) in [4.78, 5) is 68.7. The maximum Gasteiger partial charge on any atom is 0.343 e. The molecule has 0 radical (unpaired) electrons. The molecule has 0 saturated heterocycles. The van der Waals surface area contributed by atoms with Crippen LogP contribution in [0.4, 0.5) is 5.69 Å². The van der Waals surface area contributed by atoms with Gasteiger partial charge in [0.05, 0.1) is 34.6 Å². The number of nitrogens with zero attached hydrogens (tertiary/aromatic N) is 3. The molecule has 3 aliphatic rings. The highest BCUT2D eigenvalue weighted by Gasteiger charge is 2.41. The molecule has 1 unspecified atom stereocenters. The lowest BCUT2D eigenvalue weighted by molar-refractivity contribution is -0.136. The van der Waals surface area contributed by atoms with E-state index < -0.39 is 11.6 Å². The second kappa shape index (κ2) is 13.7. The van der Waals surface area contributed by atoms with E-state index in [9.17, 15) is 29.1 Å². The third kappa shape index (κ3) is 6.08. The summed E-state index contributed by atoms with van der Waals surface area (Å²) >= 11 is 0. The average molecular weight is 703 g/mol. The zero-order valence-corrected chi connectivity index (χ0v) is 29.0. The highest BCUT2D eigenvalue weighted by Crippen LogP contribution is 2.43. The van der Waals surface area contributed by atoms with Crippen LogP contribution in [0, 0.1) is 0 Å². The van der Waals surface area contributed by atoms with Gasteiger partial charge in [0.25, 0.3) is 17.4 Å². The maximum absolute atomic E-state index is 13.7. The lowest BCUT2D eigenvalue weighted by Crippen LogP contribution is -2.38. The van der Waals surface area contributed by atoms with Gasteiger partial charge in [-0.3, -0.25) is 24.1 Å². The first-order valence-electron chi connectivity index (χ1n) is 17.5. The third-order valence-electron chi connectivity index (χ3n) is 10.1. The molecule has 0 saturated carbocycles. The van der Waals surface area contributed by atoms with Gasteiger partial charge in [0.15, 0.2) is 0 Å². The maximum atomic E-state index is 13.7. The molecule has 3 aliphatic heterocycles. The number of rotatable bonds is 11. The molecule has 0 aliphatic carbocycles. The first-order chi connectivity index (χ1) is 25.0. The van der Waals surface area contributed by atoms with Crippen LogP contribution in [-0.2, 0) is 44.3 Å². The SMILES string of the molecule is C=C1OCc2c(cc3n(c2=O)Cc2c-3nc3ccc(OC(=O)c4ccc(NC(=O)CCCCCN5C(=O)C=CC5=O)cc4)cc3c2CC)C1(O)CC. The Kier molecular flexibility index (Phi) is 9.09. The van der Waals surface area contributed by atoms with Crippen molar-refractivity contribution in [3.8, 4) is 17.1 Å². The summed E-state index contributed by atoms with van der Waals surface area (Å²) in [7, 11) is 0. The number of esters is 1. The largest absolute Gasteiger partial charge is 0.490 e. The van der Waals surface area contributed by atoms with Crippen molar-refractivity contribution >= 4 is 40.3 Å². The number of imide groups is 1. The van der Waals surface area contributed by atoms with E-state index in [4.69, 9.17) is 14.5 Å². The molecule has 52 heavy (non-hydrogen) atoms. The molecule has 0 fully saturated rings. The van der Waals surface area contributed by atoms with Crippen molar-refractivity contribution in [1.82, 2.24) is 14.5 Å². The van der Waals surface area contributed by atoms with Crippen molar-refractivity contribution in [2.24, 2.45) is 0 Å². The van der Waals surface area contributed by atoms with Crippen molar-refractivity contribution < 1.29 is 33.8 Å². The molecular formula is C40H38N4O8. The number of nitrogens with one attached hydrogen (secondary N) is 1. The molecule has 2 N–H and O–H groups in total. The van der Waals surface area contributed by atoms with Crippen molar-refractivity contribution in [2.75, 3.05) is 11.9 Å². The summed E-state index contributed by atoms with van der Waals surface area (Å²) < 4.78 is 13.1. The van der Waals surface area contributed by atoms with Crippen molar-refractivity contribution in [2.45, 2.75) is 71.1 Å². The van der Waals surface area contributed by atoms with E-state index in [-0.39, 0.29) is 42.1 Å². The highest BCUT2D eigenvalue weighted by molar-refractivity contribution is 6.12. The summed E-state index contributed by atoms with van der Waals surface area (Å²) in [6.45, 7) is 8.44. The second-order valence-electron chi connectivity index (χ2n) is 13.2. The minimum atomic E-state index is -1.47. The number of aliphatic hydroxyl groups is 1. The van der Waals surface area contributed by atoms with Crippen molar-refractivity contribution in [1.29, 1.82) is 0 Å². The second-order valence-corrected chi connectivity index (χ2v) is 13.2. The van der Waals surface area contributed by atoms with Crippen LogP contribution in [0.15, 0.2) is 77.8 Å². The number of benzene rings is 2. The van der Waals surface area contributed by atoms with Crippen LogP contribution in [0.3, 0.4) is 0 Å². The Balaban J connectivity index is 1.01. The van der Waals surface area contributed by atoms with E-state index in [0.29, 0.717) is 90.2 Å². The number of unbranched alkanes of at least 4 members (excludes halogenated alkanes) is 2. The summed E-state index contributed by atoms with van der Waals surface area (Å²) in [5.74, 6) is -0.788. The smallest absolute Gasteiger partial charge is 0.343 e. The number of aryl methyl sites for hydroxylation is 1. The van der Waals surface area contributed by atoms with Crippen LogP contribution in [-0.4, -0.2) is 49.8 Å². The Morgan fingerprint density at radius 3 is 2.46 bits per heavy atom. The molecule has 0 spiro atoms. The van der Waals surface area contributed by atoms with Gasteiger partial charge in [0.1, 0.15) is 23.7 Å². The van der Waals surface area contributed by atoms with E-state index in [0.717, 1.165) is 16.5 Å². The third-order valence-corrected chi connectivity index (χ3v) is 10.1. The minimum absolute atomic E-state index is 0.0444. The minimum Gasteiger partial charge on any atom is -0.490 e. The zero-order valence-electron chi connectivity index (χ0n) is 29.0. The Morgan fingerprint density at radius 1 is 1.00 bits per heavy atom. The number of anilines is 1. The van der Waals surface area contributed by atoms with Gasteiger partial charge in [0, 0.05) is 47.3 Å². The van der Waals surface area contributed by atoms with E-state index in [1.54, 1.807) is 47.0 Å². The van der Waals surface area contributed by atoms with Gasteiger partial charge < -0.3 is 24.5 Å². The van der Waals surface area contributed by atoms with Gasteiger partial charge >= 0.3 is 5.97 Å². The summed E-state index contributed by atoms with van der Waals surface area (Å²) in [5, 5.41) is 15.1. The van der Waals surface area contributed by atoms with Crippen LogP contribution in [0.2, 0.25) is 0 Å². The monoisotopic (exact) mass is 702 g/mol. The number of ether oxygens (including phenoxy) is 2. The Hall–Kier alpha value is -5.88. The van der Waals surface area contributed by atoms with Crippen LogP contribution >= 0.6 is 0 Å². The number of carbonyl (C=O) groups excluding carboxylic acids is 4. The van der Waals surface area contributed by atoms with Crippen LogP contribution < -0.4 is 15.6 Å². The van der Waals surface area contributed by atoms with Crippen LogP contribution in [0.25, 0.3) is 22.3 Å². The molecule has 0 bridgehead atoms. The Morgan fingerprint density at radius 2 is 1.75 bits per heavy atom. The van der Waals surface area contributed by atoms with E-state index in [1.165, 1.54) is 17.1 Å². The standard InChI is InChI=1S/C40H38N4O8/c1-4-27-28-19-26(52-39(49)24-10-12-25(13-11-24)41-34(45)9-7-6-8-18-43-35(46)16-17-36(43)47)14-15-32(28)42-37-29(27)21-44-33(37)20-31-30(38(44)48)22-51-23(3)40(31,50)5-2/h10-17,19-20,50H,3-9,18,21-22H2,1-2H3,(H,41,45). The predicted octanol–water partition coefficient (Wildman–Crippen LogP) is 5.27. The topological polar surface area (TPSA) is 157 Å². The molecule has 5 heterocycles. The molecule has 2 aromatic carbocycles. The summed E-state index contributed by atoms with van der Waals surface area (Å²) in [5.41, 5.74) is 3.96. The fourth-order valence-corrected chi connectivity index (χ4v) is 7.19. The molecular weight excluding hydrogens is 664 g/mol. The molecule has 4 aromatic rings. The van der Waals surface area contributed by atoms with Crippen molar-refractivity contribution in [3.63, 3.8) is 0 Å². The number of fused-ring (bicyclic) bond motifs is 5. The number of aromatic nitrogens is 2. The summed E-state index contributed by atoms with van der Waals surface area (Å²) in [6, 6.07) is 13.5. The lowest BCUT2D eigenvalue weighted by atomic mass is 9.84. The zero-order chi connectivity index (χ0) is 36.7. The van der Waals surface area contributed by atoms with Gasteiger partial charge in [-0.15, -0.1) is 0 Å². The van der Waals surface area contributed by atoms with Crippen LogP contribution in [0.5, 0.6) is 5.75 Å². The number of carbonyl (C=O) groups is 4. The summed E-state index contributed by atoms with van der Waals surface area (Å²) in [6.07, 6.45) is 5.66. The van der Waals surface area contributed by atoms with Gasteiger partial charge in [0.2, 0.25) is 5.91 Å². The average Bonchev–Trinajstić information content (AvgIpc) is 3.67. The first kappa shape index (κ1) is 34.6. The van der Waals surface area contributed by atoms with Gasteiger partial charge in [-0.2, -0.15) is 0 Å². The number of pyridine rings is 2. The number of hydrogen-bond acceptors (Lipinski definition) is 9. The van der Waals surface area contributed by atoms with Gasteiger partial charge in [-0.1, -0.05) is 26.8 Å². The van der Waals surface area contributed by atoms with E-state index in [1.807, 2.05) is 19.9 Å². The fraction of sp³-hybridized carbons (Fsp3) is 0.300.